The molecule has 3 aliphatic heterocycles. The van der Waals surface area contributed by atoms with Crippen LogP contribution < -0.4 is 75.3 Å². The quantitative estimate of drug-likeness (QED) is 0.0278. The molecule has 38 nitrogen and oxygen atoms in total. The third-order valence-electron chi connectivity index (χ3n) is 18.5. The predicted molar refractivity (Wildman–Crippen MR) is 377 cm³/mol. The molecule has 38 heteroatoms. The van der Waals surface area contributed by atoms with Crippen molar-refractivity contribution in [3.05, 3.63) is 0 Å². The number of rotatable bonds is 34. The molecule has 0 bridgehead atoms. The Morgan fingerprint density at radius 2 is 1.04 bits per heavy atom. The van der Waals surface area contributed by atoms with Crippen LogP contribution in [0.5, 0.6) is 0 Å². The standard InChI is InChI=1S/C68H112N16O22/c1-7-8-9-10-11-12-13-14-15-16-17-18-27-47(85)76-44(33-53(93)94)61(98)82-57-40(6)75-62(99)46-26-23-30-84(46)66(103)54(37(2)3)80-65(102)56(39(5)74-48(86)34-71-58(95)41(70)24-19-21-28-69)79-50(88)36-73-59(96)42(31-51(89)90)77-49(87)35-72-60(97)43(32-52(91)92)78-64(101)55(38(4)68(105)106)81-63(100)45-25-20-22-29-83(45)67(57)104/h37-46,54-57H,7-36,69-70H2,1-6H3,(H,71,95)(H,72,97)(H,73,96)(H,74,86)(H,75,99)(H,76,85)(H,77,87)(H,78,101)(H,79,88)(H,80,102)(H,81,100)(H,82,98)(H,89,90)(H,91,92)(H,93,94)(H,105,106). The summed E-state index contributed by atoms with van der Waals surface area (Å²) in [6.45, 7) is 5.68. The molecule has 3 saturated heterocycles. The van der Waals surface area contributed by atoms with Crippen molar-refractivity contribution in [1.29, 1.82) is 0 Å². The summed E-state index contributed by atoms with van der Waals surface area (Å²) in [6, 6.07) is -20.6. The minimum atomic E-state index is -2.18. The van der Waals surface area contributed by atoms with Gasteiger partial charge in [-0.1, -0.05) is 97.8 Å². The third kappa shape index (κ3) is 31.6. The van der Waals surface area contributed by atoms with E-state index in [4.69, 9.17) is 11.5 Å². The van der Waals surface area contributed by atoms with Crippen LogP contribution >= 0.6 is 0 Å². The smallest absolute Gasteiger partial charge is 0.308 e. The van der Waals surface area contributed by atoms with Gasteiger partial charge in [0.2, 0.25) is 82.7 Å². The van der Waals surface area contributed by atoms with Gasteiger partial charge in [-0.3, -0.25) is 86.3 Å². The highest BCUT2D eigenvalue weighted by atomic mass is 16.4. The maximum absolute atomic E-state index is 15.4. The van der Waals surface area contributed by atoms with Gasteiger partial charge in [-0.15, -0.1) is 0 Å². The SMILES string of the molecule is CCCCCCCCCCCCCCC(=O)NC(CC(=O)O)C(=O)NC1C(=O)N2CCCCC2C(=O)NC(C(C)C(=O)O)C(=O)NC(CC(=O)O)C(=O)NCC(=O)NC(CC(=O)O)C(=O)NCC(=O)NC(C(C)NC(=O)CNC(=O)C(N)CCCCN)C(=O)NC(C(C)C)C(=O)N2CCCC2C(=O)NC1C. The molecule has 106 heavy (non-hydrogen) atoms. The molecular formula is C68H112N16O22. The van der Waals surface area contributed by atoms with Crippen molar-refractivity contribution in [2.75, 3.05) is 39.3 Å². The van der Waals surface area contributed by atoms with Gasteiger partial charge in [0.25, 0.3) is 0 Å². The maximum atomic E-state index is 15.4. The van der Waals surface area contributed by atoms with E-state index in [2.05, 4.69) is 60.1 Å². The summed E-state index contributed by atoms with van der Waals surface area (Å²) in [4.78, 5) is 248. The van der Waals surface area contributed by atoms with E-state index in [-0.39, 0.29) is 58.0 Å². The monoisotopic (exact) mass is 1500 g/mol. The molecular weight excluding hydrogens is 1390 g/mol. The Morgan fingerprint density at radius 3 is 1.58 bits per heavy atom. The maximum Gasteiger partial charge on any atom is 0.308 e. The number of nitrogens with zero attached hydrogens (tertiary/aromatic N) is 2. The van der Waals surface area contributed by atoms with Gasteiger partial charge in [0.1, 0.15) is 54.4 Å². The summed E-state index contributed by atoms with van der Waals surface area (Å²) in [6.07, 6.45) is 10.0. The van der Waals surface area contributed by atoms with Crippen LogP contribution in [0, 0.1) is 11.8 Å². The molecule has 20 N–H and O–H groups in total. The van der Waals surface area contributed by atoms with Crippen molar-refractivity contribution in [1.82, 2.24) is 73.6 Å². The summed E-state index contributed by atoms with van der Waals surface area (Å²) in [5, 5.41) is 67.6. The number of nitrogens with two attached hydrogens (primary N) is 2. The van der Waals surface area contributed by atoms with E-state index in [1.807, 2.05) is 10.6 Å². The second-order valence-corrected chi connectivity index (χ2v) is 27.5. The lowest BCUT2D eigenvalue weighted by Gasteiger charge is -2.39. The fourth-order valence-electron chi connectivity index (χ4n) is 12.4. The molecule has 3 fully saturated rings. The predicted octanol–water partition coefficient (Wildman–Crippen LogP) is -3.53. The van der Waals surface area contributed by atoms with Crippen molar-refractivity contribution < 1.29 is 107 Å². The first-order valence-electron chi connectivity index (χ1n) is 36.6. The first-order chi connectivity index (χ1) is 50.1. The average molecular weight is 1510 g/mol. The van der Waals surface area contributed by atoms with Crippen molar-refractivity contribution in [2.45, 2.75) is 268 Å². The number of unbranched alkanes of at least 4 members (excludes halogenated alkanes) is 12. The van der Waals surface area contributed by atoms with Crippen molar-refractivity contribution >= 4 is 107 Å². The number of carboxylic acids is 4. The summed E-state index contributed by atoms with van der Waals surface area (Å²) < 4.78 is 0. The number of carboxylic acid groups (broad SMARTS) is 4. The molecule has 0 aromatic heterocycles. The zero-order valence-corrected chi connectivity index (χ0v) is 61.5. The molecule has 14 amide bonds. The molecule has 13 unspecified atom stereocenters. The lowest BCUT2D eigenvalue weighted by molar-refractivity contribution is -0.150. The molecule has 13 atom stereocenters. The van der Waals surface area contributed by atoms with Crippen LogP contribution in [0.15, 0.2) is 0 Å². The Kier molecular flexibility index (Phi) is 40.2. The molecule has 0 aromatic carbocycles. The zero-order valence-electron chi connectivity index (χ0n) is 61.5. The topological polar surface area (TPSA) is 591 Å². The average Bonchev–Trinajstić information content (AvgIpc) is 1.80. The lowest BCUT2D eigenvalue weighted by atomic mass is 9.96. The highest BCUT2D eigenvalue weighted by Gasteiger charge is 2.46. The van der Waals surface area contributed by atoms with Crippen LogP contribution in [0.4, 0.5) is 0 Å². The second kappa shape index (κ2) is 47.0. The van der Waals surface area contributed by atoms with Crippen LogP contribution in [-0.4, -0.2) is 249 Å². The van der Waals surface area contributed by atoms with E-state index in [0.29, 0.717) is 32.2 Å². The summed E-state index contributed by atoms with van der Waals surface area (Å²) in [7, 11) is 0. The lowest BCUT2D eigenvalue weighted by Crippen LogP contribution is -2.66. The highest BCUT2D eigenvalue weighted by Crippen LogP contribution is 2.24. The second-order valence-electron chi connectivity index (χ2n) is 27.5. The van der Waals surface area contributed by atoms with E-state index in [1.165, 1.54) is 47.0 Å². The van der Waals surface area contributed by atoms with E-state index in [0.717, 1.165) is 61.7 Å². The minimum absolute atomic E-state index is 0.0425. The van der Waals surface area contributed by atoms with Crippen LogP contribution in [0.2, 0.25) is 0 Å². The van der Waals surface area contributed by atoms with Gasteiger partial charge >= 0.3 is 23.9 Å². The van der Waals surface area contributed by atoms with Crippen molar-refractivity contribution in [2.24, 2.45) is 23.3 Å². The van der Waals surface area contributed by atoms with E-state index >= 15 is 4.79 Å². The molecule has 0 aliphatic carbocycles. The molecule has 0 saturated carbocycles. The summed E-state index contributed by atoms with van der Waals surface area (Å²) in [5.74, 6) is -24.9. The summed E-state index contributed by atoms with van der Waals surface area (Å²) in [5.41, 5.74) is 11.5. The minimum Gasteiger partial charge on any atom is -0.481 e. The van der Waals surface area contributed by atoms with E-state index in [1.54, 1.807) is 0 Å². The van der Waals surface area contributed by atoms with Gasteiger partial charge in [-0.25, -0.2) is 0 Å². The molecule has 3 aliphatic rings. The fraction of sp³-hybridized carbons (Fsp3) is 0.735. The third-order valence-corrected chi connectivity index (χ3v) is 18.5. The number of carbonyl (C=O) groups excluding carboxylic acids is 14. The molecule has 0 spiro atoms. The molecule has 0 radical (unpaired) electrons. The first kappa shape index (κ1) is 90.6. The van der Waals surface area contributed by atoms with Gasteiger partial charge in [-0.05, 0) is 84.6 Å². The number of amides is 14. The number of fused-ring (bicyclic) bond motifs is 2. The Bertz CT molecular complexity index is 3080. The Hall–Kier alpha value is -9.62. The largest absolute Gasteiger partial charge is 0.481 e. The van der Waals surface area contributed by atoms with Crippen LogP contribution in [0.3, 0.4) is 0 Å². The first-order valence-corrected chi connectivity index (χ1v) is 36.6. The molecule has 3 heterocycles. The molecule has 596 valence electrons. The normalized spacial score (nSPS) is 23.5. The van der Waals surface area contributed by atoms with Gasteiger partial charge in [0.05, 0.1) is 62.9 Å². The Morgan fingerprint density at radius 1 is 0.528 bits per heavy atom. The fourth-order valence-corrected chi connectivity index (χ4v) is 12.4. The van der Waals surface area contributed by atoms with Crippen LogP contribution in [0.25, 0.3) is 0 Å². The number of nitrogens with one attached hydrogen (secondary N) is 12. The Labute approximate surface area is 615 Å². The molecule has 3 rings (SSSR count). The van der Waals surface area contributed by atoms with E-state index < -0.39 is 230 Å². The number of carbonyl (C=O) groups is 18. The number of piperidine rings is 1. The van der Waals surface area contributed by atoms with Crippen molar-refractivity contribution in [3.8, 4) is 0 Å². The number of aliphatic carboxylic acids is 4. The van der Waals surface area contributed by atoms with Crippen LogP contribution in [-0.2, 0) is 86.3 Å². The Balaban J connectivity index is 2.19. The van der Waals surface area contributed by atoms with Crippen molar-refractivity contribution in [3.63, 3.8) is 0 Å². The summed E-state index contributed by atoms with van der Waals surface area (Å²) >= 11 is 0. The van der Waals surface area contributed by atoms with Gasteiger partial charge < -0.3 is 105 Å². The zero-order chi connectivity index (χ0) is 79.3. The highest BCUT2D eigenvalue weighted by molar-refractivity contribution is 6.01. The number of hydrogen-bond acceptors (Lipinski definition) is 20. The van der Waals surface area contributed by atoms with Gasteiger partial charge in [0, 0.05) is 19.5 Å². The molecule has 0 aromatic rings. The van der Waals surface area contributed by atoms with Gasteiger partial charge in [0.15, 0.2) is 0 Å². The van der Waals surface area contributed by atoms with E-state index in [9.17, 15) is 102 Å². The number of hydrogen-bond donors (Lipinski definition) is 18. The van der Waals surface area contributed by atoms with Crippen LogP contribution in [0.1, 0.15) is 196 Å². The van der Waals surface area contributed by atoms with Gasteiger partial charge in [-0.2, -0.15) is 0 Å².